The van der Waals surface area contributed by atoms with Crippen LogP contribution in [0.25, 0.3) is 22.0 Å². The third-order valence-corrected chi connectivity index (χ3v) is 6.78. The summed E-state index contributed by atoms with van der Waals surface area (Å²) in [5.74, 6) is 1.23. The van der Waals surface area contributed by atoms with E-state index in [1.54, 1.807) is 12.4 Å². The second-order valence-electron chi connectivity index (χ2n) is 9.46. The maximum Gasteiger partial charge on any atom is 0.228 e. The van der Waals surface area contributed by atoms with Crippen molar-refractivity contribution in [3.05, 3.63) is 114 Å². The number of aromatic nitrogens is 3. The van der Waals surface area contributed by atoms with E-state index in [4.69, 9.17) is 9.98 Å². The molecule has 1 N–H and O–H groups in total. The summed E-state index contributed by atoms with van der Waals surface area (Å²) in [5.41, 5.74) is 5.73. The molecule has 2 aromatic carbocycles. The zero-order chi connectivity index (χ0) is 25.9. The molecule has 0 spiro atoms. The third-order valence-electron chi connectivity index (χ3n) is 6.78. The number of hydrogen-bond donors (Lipinski definition) is 1. The van der Waals surface area contributed by atoms with Crippen LogP contribution in [0.2, 0.25) is 0 Å². The van der Waals surface area contributed by atoms with Gasteiger partial charge in [-0.2, -0.15) is 0 Å². The van der Waals surface area contributed by atoms with Gasteiger partial charge in [-0.3, -0.25) is 9.78 Å². The molecule has 0 atom stereocenters. The van der Waals surface area contributed by atoms with Gasteiger partial charge in [0.1, 0.15) is 5.82 Å². The molecule has 0 unspecified atom stereocenters. The summed E-state index contributed by atoms with van der Waals surface area (Å²) in [5, 5.41) is 4.68. The van der Waals surface area contributed by atoms with E-state index in [-0.39, 0.29) is 11.8 Å². The normalized spacial score (nSPS) is 12.8. The van der Waals surface area contributed by atoms with Gasteiger partial charge < -0.3 is 5.32 Å². The Hall–Kier alpha value is -4.71. The molecular weight excluding hydrogens is 470 g/mol. The highest BCUT2D eigenvalue weighted by atomic mass is 16.2. The number of rotatable bonds is 7. The van der Waals surface area contributed by atoms with Crippen molar-refractivity contribution in [3.63, 3.8) is 0 Å². The minimum atomic E-state index is 0.0281. The number of anilines is 1. The zero-order valence-corrected chi connectivity index (χ0v) is 21.1. The summed E-state index contributed by atoms with van der Waals surface area (Å²) in [7, 11) is 0. The average Bonchev–Trinajstić information content (AvgIpc) is 3.82. The summed E-state index contributed by atoms with van der Waals surface area (Å²) in [4.78, 5) is 31.5. The van der Waals surface area contributed by atoms with Crippen LogP contribution in [0.1, 0.15) is 36.5 Å². The van der Waals surface area contributed by atoms with Crippen LogP contribution in [0.15, 0.2) is 102 Å². The number of fused-ring (bicyclic) bond motifs is 1. The summed E-state index contributed by atoms with van der Waals surface area (Å²) < 4.78 is 0. The Bertz CT molecular complexity index is 1600. The fourth-order valence-electron chi connectivity index (χ4n) is 4.55. The van der Waals surface area contributed by atoms with Gasteiger partial charge in [0.25, 0.3) is 0 Å². The number of hydrogen-bond acceptors (Lipinski definition) is 5. The molecule has 0 radical (unpaired) electrons. The number of benzene rings is 2. The van der Waals surface area contributed by atoms with Crippen molar-refractivity contribution in [2.75, 3.05) is 5.32 Å². The Morgan fingerprint density at radius 1 is 0.947 bits per heavy atom. The fraction of sp³-hybridized carbons (Fsp3) is 0.156. The number of nitrogens with zero attached hydrogens (tertiary/aromatic N) is 4. The van der Waals surface area contributed by atoms with Gasteiger partial charge in [0.05, 0.1) is 11.4 Å². The molecule has 1 aliphatic rings. The van der Waals surface area contributed by atoms with Crippen molar-refractivity contribution >= 4 is 34.0 Å². The molecule has 6 rings (SSSR count). The third kappa shape index (κ3) is 4.93. The molecule has 5 aromatic rings. The minimum absolute atomic E-state index is 0.0281. The largest absolute Gasteiger partial charge is 0.310 e. The first-order valence-corrected chi connectivity index (χ1v) is 12.9. The number of pyridine rings is 3. The summed E-state index contributed by atoms with van der Waals surface area (Å²) in [6.07, 6.45) is 8.15. The summed E-state index contributed by atoms with van der Waals surface area (Å²) >= 11 is 0. The molecule has 0 saturated heterocycles. The first-order valence-electron chi connectivity index (χ1n) is 12.9. The van der Waals surface area contributed by atoms with Crippen LogP contribution in [0.3, 0.4) is 0 Å². The first kappa shape index (κ1) is 23.7. The monoisotopic (exact) mass is 497 g/mol. The number of carbonyl (C=O) groups is 1. The van der Waals surface area contributed by atoms with E-state index in [0.29, 0.717) is 11.6 Å². The Balaban J connectivity index is 1.56. The van der Waals surface area contributed by atoms with E-state index >= 15 is 0 Å². The van der Waals surface area contributed by atoms with E-state index in [1.807, 2.05) is 60.8 Å². The smallest absolute Gasteiger partial charge is 0.228 e. The molecule has 6 heteroatoms. The van der Waals surface area contributed by atoms with E-state index in [0.717, 1.165) is 63.7 Å². The van der Waals surface area contributed by atoms with E-state index < -0.39 is 0 Å². The average molecular weight is 498 g/mol. The van der Waals surface area contributed by atoms with Gasteiger partial charge in [-0.1, -0.05) is 67.6 Å². The number of aliphatic imine (C=N–C) groups is 1. The fourth-order valence-corrected chi connectivity index (χ4v) is 4.55. The highest BCUT2D eigenvalue weighted by Gasteiger charge is 2.29. The van der Waals surface area contributed by atoms with Gasteiger partial charge in [0.15, 0.2) is 5.82 Å². The quantitative estimate of drug-likeness (QED) is 0.252. The molecule has 186 valence electrons. The number of nitrogens with one attached hydrogen (secondary N) is 1. The van der Waals surface area contributed by atoms with Gasteiger partial charge in [-0.15, -0.1) is 0 Å². The van der Waals surface area contributed by atoms with Crippen molar-refractivity contribution < 1.29 is 4.79 Å². The Kier molecular flexibility index (Phi) is 6.44. The van der Waals surface area contributed by atoms with Crippen LogP contribution in [0, 0.1) is 5.92 Å². The minimum Gasteiger partial charge on any atom is -0.310 e. The molecular formula is C32H27N5O. The molecule has 1 aliphatic carbocycles. The van der Waals surface area contributed by atoms with Crippen LogP contribution in [-0.4, -0.2) is 26.6 Å². The molecule has 0 bridgehead atoms. The van der Waals surface area contributed by atoms with Crippen LogP contribution < -0.4 is 5.32 Å². The van der Waals surface area contributed by atoms with E-state index in [2.05, 4.69) is 46.5 Å². The zero-order valence-electron chi connectivity index (χ0n) is 21.1. The second kappa shape index (κ2) is 10.3. The molecule has 0 aliphatic heterocycles. The molecule has 1 saturated carbocycles. The van der Waals surface area contributed by atoms with Crippen LogP contribution in [-0.2, 0) is 11.2 Å². The van der Waals surface area contributed by atoms with Crippen LogP contribution in [0.4, 0.5) is 11.6 Å². The van der Waals surface area contributed by atoms with E-state index in [1.165, 1.54) is 0 Å². The van der Waals surface area contributed by atoms with Crippen molar-refractivity contribution in [1.82, 2.24) is 15.0 Å². The van der Waals surface area contributed by atoms with Gasteiger partial charge in [0, 0.05) is 46.6 Å². The Labute approximate surface area is 221 Å². The van der Waals surface area contributed by atoms with Gasteiger partial charge in [-0.25, -0.2) is 15.0 Å². The lowest BCUT2D eigenvalue weighted by molar-refractivity contribution is -0.117. The molecule has 1 amide bonds. The van der Waals surface area contributed by atoms with Crippen LogP contribution in [0.5, 0.6) is 0 Å². The summed E-state index contributed by atoms with van der Waals surface area (Å²) in [6, 6.07) is 26.2. The topological polar surface area (TPSA) is 80.1 Å². The maximum atomic E-state index is 12.4. The molecule has 3 aromatic heterocycles. The van der Waals surface area contributed by atoms with Gasteiger partial charge in [-0.05, 0) is 48.4 Å². The number of aryl methyl sites for hydroxylation is 1. The molecule has 3 heterocycles. The predicted octanol–water partition coefficient (Wildman–Crippen LogP) is 6.77. The lowest BCUT2D eigenvalue weighted by Crippen LogP contribution is -2.14. The molecule has 1 fully saturated rings. The maximum absolute atomic E-state index is 12.4. The van der Waals surface area contributed by atoms with E-state index in [9.17, 15) is 4.79 Å². The van der Waals surface area contributed by atoms with Crippen molar-refractivity contribution in [1.29, 1.82) is 0 Å². The lowest BCUT2D eigenvalue weighted by Gasteiger charge is -2.13. The first-order chi connectivity index (χ1) is 18.7. The van der Waals surface area contributed by atoms with Gasteiger partial charge in [0.2, 0.25) is 5.91 Å². The SMILES string of the molecule is CCc1ccncc1-c1cc2cc(NC(=O)C3CC3)ncc2c(N=C(c2ccccc2)c2ccccc2)n1. The number of carbonyl (C=O) groups excluding carboxylic acids is 1. The lowest BCUT2D eigenvalue weighted by atomic mass is 10.0. The number of amides is 1. The second-order valence-corrected chi connectivity index (χ2v) is 9.46. The highest BCUT2D eigenvalue weighted by molar-refractivity contribution is 6.15. The Morgan fingerprint density at radius 3 is 2.32 bits per heavy atom. The predicted molar refractivity (Wildman–Crippen MR) is 152 cm³/mol. The van der Waals surface area contributed by atoms with Gasteiger partial charge >= 0.3 is 0 Å². The molecule has 6 nitrogen and oxygen atoms in total. The van der Waals surface area contributed by atoms with Crippen molar-refractivity contribution in [2.45, 2.75) is 26.2 Å². The highest BCUT2D eigenvalue weighted by Crippen LogP contribution is 2.34. The molecule has 38 heavy (non-hydrogen) atoms. The van der Waals surface area contributed by atoms with Crippen LogP contribution >= 0.6 is 0 Å². The standard InChI is InChI=1S/C32H27N5O/c1-2-21-15-16-33-19-26(21)28-17-25-18-29(36-32(38)24-13-14-24)34-20-27(25)31(35-28)37-30(22-9-5-3-6-10-22)23-11-7-4-8-12-23/h3-12,15-20,24H,2,13-14H2,1H3,(H,34,36,38). The Morgan fingerprint density at radius 2 is 1.66 bits per heavy atom. The van der Waals surface area contributed by atoms with Crippen molar-refractivity contribution in [2.24, 2.45) is 10.9 Å². The van der Waals surface area contributed by atoms with Crippen molar-refractivity contribution in [3.8, 4) is 11.3 Å². The summed E-state index contributed by atoms with van der Waals surface area (Å²) in [6.45, 7) is 2.12.